The minimum Gasteiger partial charge on any atom is -0.489 e. The first kappa shape index (κ1) is 14.8. The van der Waals surface area contributed by atoms with Crippen LogP contribution in [0.2, 0.25) is 5.02 Å². The lowest BCUT2D eigenvalue weighted by atomic mass is 10.1. The number of benzene rings is 2. The summed E-state index contributed by atoms with van der Waals surface area (Å²) in [6.07, 6.45) is 0. The normalized spacial score (nSPS) is 12.2. The Morgan fingerprint density at radius 3 is 2.50 bits per heavy atom. The second kappa shape index (κ2) is 6.20. The van der Waals surface area contributed by atoms with Crippen molar-refractivity contribution < 1.29 is 13.5 Å². The van der Waals surface area contributed by atoms with Gasteiger partial charge < -0.3 is 10.5 Å². The molecule has 0 radical (unpaired) electrons. The molecule has 106 valence electrons. The van der Waals surface area contributed by atoms with Crippen molar-refractivity contribution in [3.8, 4) is 5.75 Å². The molecular weight excluding hydrogens is 284 g/mol. The van der Waals surface area contributed by atoms with Crippen LogP contribution in [0.3, 0.4) is 0 Å². The van der Waals surface area contributed by atoms with Crippen LogP contribution in [-0.4, -0.2) is 0 Å². The molecule has 0 aliphatic rings. The average Bonchev–Trinajstić information content (AvgIpc) is 2.40. The summed E-state index contributed by atoms with van der Waals surface area (Å²) in [5.74, 6) is -0.510. The van der Waals surface area contributed by atoms with Crippen LogP contribution in [0.25, 0.3) is 0 Å². The fraction of sp³-hybridized carbons (Fsp3) is 0.200. The molecule has 2 nitrogen and oxygen atoms in total. The number of ether oxygens (including phenoxy) is 1. The Bertz CT molecular complexity index is 617. The van der Waals surface area contributed by atoms with Crippen molar-refractivity contribution in [1.82, 2.24) is 0 Å². The number of hydrogen-bond donors (Lipinski definition) is 1. The molecule has 0 spiro atoms. The third-order valence-electron chi connectivity index (χ3n) is 2.85. The molecule has 0 aliphatic heterocycles. The molecule has 2 aromatic carbocycles. The van der Waals surface area contributed by atoms with Gasteiger partial charge in [0.1, 0.15) is 24.0 Å². The highest BCUT2D eigenvalue weighted by molar-refractivity contribution is 6.30. The van der Waals surface area contributed by atoms with E-state index in [2.05, 4.69) is 0 Å². The van der Waals surface area contributed by atoms with E-state index >= 15 is 0 Å². The van der Waals surface area contributed by atoms with Crippen LogP contribution in [0, 0.1) is 11.6 Å². The Morgan fingerprint density at radius 2 is 1.90 bits per heavy atom. The fourth-order valence-corrected chi connectivity index (χ4v) is 1.97. The predicted molar refractivity (Wildman–Crippen MR) is 74.7 cm³/mol. The summed E-state index contributed by atoms with van der Waals surface area (Å²) < 4.78 is 32.2. The molecule has 2 aromatic rings. The van der Waals surface area contributed by atoms with Gasteiger partial charge in [0.2, 0.25) is 0 Å². The maximum atomic E-state index is 13.7. The van der Waals surface area contributed by atoms with Gasteiger partial charge in [-0.25, -0.2) is 8.78 Å². The fourth-order valence-electron chi connectivity index (χ4n) is 1.76. The quantitative estimate of drug-likeness (QED) is 0.917. The molecule has 2 rings (SSSR count). The van der Waals surface area contributed by atoms with Crippen molar-refractivity contribution in [2.75, 3.05) is 0 Å². The van der Waals surface area contributed by atoms with E-state index in [1.54, 1.807) is 25.1 Å². The Morgan fingerprint density at radius 1 is 1.15 bits per heavy atom. The van der Waals surface area contributed by atoms with E-state index in [-0.39, 0.29) is 17.7 Å². The van der Waals surface area contributed by atoms with E-state index in [0.717, 1.165) is 0 Å². The van der Waals surface area contributed by atoms with Crippen LogP contribution in [0.15, 0.2) is 36.4 Å². The van der Waals surface area contributed by atoms with E-state index in [0.29, 0.717) is 16.9 Å². The van der Waals surface area contributed by atoms with Gasteiger partial charge in [0.15, 0.2) is 0 Å². The maximum absolute atomic E-state index is 13.7. The summed E-state index contributed by atoms with van der Waals surface area (Å²) in [5, 5.41) is 0.0320. The molecule has 20 heavy (non-hydrogen) atoms. The van der Waals surface area contributed by atoms with Crippen molar-refractivity contribution >= 4 is 11.6 Å². The van der Waals surface area contributed by atoms with Crippen LogP contribution < -0.4 is 10.5 Å². The smallest absolute Gasteiger partial charge is 0.141 e. The molecule has 5 heteroatoms. The zero-order valence-electron chi connectivity index (χ0n) is 10.9. The predicted octanol–water partition coefficient (Wildman–Crippen LogP) is 4.22. The first-order valence-corrected chi connectivity index (χ1v) is 6.47. The summed E-state index contributed by atoms with van der Waals surface area (Å²) in [5.41, 5.74) is 6.76. The van der Waals surface area contributed by atoms with Crippen molar-refractivity contribution in [1.29, 1.82) is 0 Å². The molecular formula is C15H14ClF2NO. The zero-order valence-corrected chi connectivity index (χ0v) is 11.6. The molecule has 0 unspecified atom stereocenters. The lowest BCUT2D eigenvalue weighted by molar-refractivity contribution is 0.304. The SMILES string of the molecule is C[C@H](N)c1ccc(OCc2ccc(F)c(Cl)c2)cc1F. The van der Waals surface area contributed by atoms with Gasteiger partial charge in [-0.1, -0.05) is 23.7 Å². The minimum atomic E-state index is -0.484. The highest BCUT2D eigenvalue weighted by Crippen LogP contribution is 2.22. The number of rotatable bonds is 4. The molecule has 0 bridgehead atoms. The molecule has 0 aliphatic carbocycles. The lowest BCUT2D eigenvalue weighted by Gasteiger charge is -2.10. The van der Waals surface area contributed by atoms with Crippen molar-refractivity contribution in [3.63, 3.8) is 0 Å². The van der Waals surface area contributed by atoms with E-state index in [1.807, 2.05) is 0 Å². The second-order valence-corrected chi connectivity index (χ2v) is 4.92. The summed E-state index contributed by atoms with van der Waals surface area (Å²) in [6.45, 7) is 1.89. The summed E-state index contributed by atoms with van der Waals surface area (Å²) in [4.78, 5) is 0. The standard InChI is InChI=1S/C15H14ClF2NO/c1-9(19)12-4-3-11(7-15(12)18)20-8-10-2-5-14(17)13(16)6-10/h2-7,9H,8,19H2,1H3/t9-/m0/s1. The van der Waals surface area contributed by atoms with Gasteiger partial charge >= 0.3 is 0 Å². The van der Waals surface area contributed by atoms with Gasteiger partial charge in [0.05, 0.1) is 5.02 Å². The monoisotopic (exact) mass is 297 g/mol. The summed E-state index contributed by atoms with van der Waals surface area (Å²) >= 11 is 5.67. The van der Waals surface area contributed by atoms with Crippen molar-refractivity contribution in [2.24, 2.45) is 5.73 Å². The largest absolute Gasteiger partial charge is 0.489 e. The highest BCUT2D eigenvalue weighted by atomic mass is 35.5. The Kier molecular flexibility index (Phi) is 4.57. The molecule has 1 atom stereocenters. The summed E-state index contributed by atoms with van der Waals surface area (Å²) in [6, 6.07) is 8.45. The second-order valence-electron chi connectivity index (χ2n) is 4.51. The van der Waals surface area contributed by atoms with Gasteiger partial charge in [-0.15, -0.1) is 0 Å². The van der Waals surface area contributed by atoms with Gasteiger partial charge in [-0.2, -0.15) is 0 Å². The van der Waals surface area contributed by atoms with E-state index in [1.165, 1.54) is 18.2 Å². The minimum absolute atomic E-state index is 0.0320. The highest BCUT2D eigenvalue weighted by Gasteiger charge is 2.08. The van der Waals surface area contributed by atoms with Gasteiger partial charge in [0, 0.05) is 17.7 Å². The Hall–Kier alpha value is -1.65. The van der Waals surface area contributed by atoms with E-state index < -0.39 is 11.6 Å². The number of hydrogen-bond acceptors (Lipinski definition) is 2. The van der Waals surface area contributed by atoms with Gasteiger partial charge in [0.25, 0.3) is 0 Å². The molecule has 0 aromatic heterocycles. The van der Waals surface area contributed by atoms with Crippen LogP contribution in [-0.2, 0) is 6.61 Å². The third kappa shape index (κ3) is 3.46. The van der Waals surface area contributed by atoms with Crippen LogP contribution >= 0.6 is 11.6 Å². The molecule has 0 amide bonds. The van der Waals surface area contributed by atoms with Crippen LogP contribution in [0.4, 0.5) is 8.78 Å². The molecule has 0 saturated carbocycles. The van der Waals surface area contributed by atoms with Gasteiger partial charge in [-0.3, -0.25) is 0 Å². The van der Waals surface area contributed by atoms with Crippen molar-refractivity contribution in [2.45, 2.75) is 19.6 Å². The van der Waals surface area contributed by atoms with Crippen LogP contribution in [0.5, 0.6) is 5.75 Å². The molecule has 0 saturated heterocycles. The first-order valence-electron chi connectivity index (χ1n) is 6.09. The zero-order chi connectivity index (χ0) is 14.7. The van der Waals surface area contributed by atoms with E-state index in [9.17, 15) is 8.78 Å². The van der Waals surface area contributed by atoms with Gasteiger partial charge in [-0.05, 0) is 30.7 Å². The molecule has 0 fully saturated rings. The maximum Gasteiger partial charge on any atom is 0.141 e. The summed E-state index contributed by atoms with van der Waals surface area (Å²) in [7, 11) is 0. The van der Waals surface area contributed by atoms with Crippen molar-refractivity contribution in [3.05, 3.63) is 64.2 Å². The average molecular weight is 298 g/mol. The lowest BCUT2D eigenvalue weighted by Crippen LogP contribution is -2.07. The van der Waals surface area contributed by atoms with E-state index in [4.69, 9.17) is 22.1 Å². The first-order chi connectivity index (χ1) is 9.47. The third-order valence-corrected chi connectivity index (χ3v) is 3.14. The Balaban J connectivity index is 2.07. The number of halogens is 3. The van der Waals surface area contributed by atoms with Crippen LogP contribution in [0.1, 0.15) is 24.1 Å². The Labute approximate surface area is 121 Å². The number of nitrogens with two attached hydrogens (primary N) is 1. The molecule has 0 heterocycles. The molecule has 2 N–H and O–H groups in total. The topological polar surface area (TPSA) is 35.2 Å².